The Morgan fingerprint density at radius 1 is 1.23 bits per heavy atom. The second kappa shape index (κ2) is 8.15. The second-order valence-corrected chi connectivity index (χ2v) is 4.98. The Hall–Kier alpha value is -3.36. The third-order valence-corrected chi connectivity index (χ3v) is 3.28. The third-order valence-electron chi connectivity index (χ3n) is 3.28. The number of nitrogens with zero attached hydrogens (tertiary/aromatic N) is 2. The van der Waals surface area contributed by atoms with E-state index in [-0.39, 0.29) is 5.69 Å². The van der Waals surface area contributed by atoms with Crippen molar-refractivity contribution < 1.29 is 22.8 Å². The van der Waals surface area contributed by atoms with Crippen molar-refractivity contribution in [2.75, 3.05) is 12.5 Å². The molecule has 0 unspecified atom stereocenters. The van der Waals surface area contributed by atoms with Crippen molar-refractivity contribution in [1.29, 1.82) is 0 Å². The van der Waals surface area contributed by atoms with E-state index in [0.29, 0.717) is 11.8 Å². The van der Waals surface area contributed by atoms with Gasteiger partial charge < -0.3 is 4.74 Å². The first-order valence-corrected chi connectivity index (χ1v) is 7.27. The van der Waals surface area contributed by atoms with Gasteiger partial charge in [0.1, 0.15) is 11.4 Å². The van der Waals surface area contributed by atoms with Crippen molar-refractivity contribution in [1.82, 2.24) is 0 Å². The summed E-state index contributed by atoms with van der Waals surface area (Å²) in [7, 11) is 1.53. The van der Waals surface area contributed by atoms with E-state index in [1.807, 2.05) is 18.2 Å². The fourth-order valence-electron chi connectivity index (χ4n) is 2.05. The fourth-order valence-corrected chi connectivity index (χ4v) is 2.05. The monoisotopic (exact) mass is 365 g/mol. The van der Waals surface area contributed by atoms with Gasteiger partial charge in [-0.15, -0.1) is 0 Å². The van der Waals surface area contributed by atoms with Gasteiger partial charge in [0.2, 0.25) is 0 Å². The number of nitro groups is 1. The number of hydrazone groups is 1. The first-order valence-electron chi connectivity index (χ1n) is 7.27. The number of nitrogens with one attached hydrogen (secondary N) is 1. The number of rotatable bonds is 6. The molecule has 0 aliphatic rings. The molecule has 0 atom stereocenters. The maximum Gasteiger partial charge on any atom is 0.416 e. The molecular weight excluding hydrogens is 351 g/mol. The molecule has 0 fully saturated rings. The lowest BCUT2D eigenvalue weighted by Crippen LogP contribution is -2.06. The standard InChI is InChI=1S/C17H14F3N3O3/c1-26-16-7-3-2-5-12(16)6-4-10-21-22-14-9-8-13(17(18,19)20)11-15(14)23(24)25/h2-11,22H,1H3/b6-4+,21-10+. The molecule has 0 aromatic heterocycles. The largest absolute Gasteiger partial charge is 0.496 e. The van der Waals surface area contributed by atoms with E-state index in [4.69, 9.17) is 4.74 Å². The van der Waals surface area contributed by atoms with E-state index in [1.54, 1.807) is 18.2 Å². The summed E-state index contributed by atoms with van der Waals surface area (Å²) in [4.78, 5) is 10.1. The number of methoxy groups -OCH3 is 1. The minimum absolute atomic E-state index is 0.148. The third kappa shape index (κ3) is 4.82. The molecule has 136 valence electrons. The topological polar surface area (TPSA) is 76.8 Å². The summed E-state index contributed by atoms with van der Waals surface area (Å²) < 4.78 is 43.1. The van der Waals surface area contributed by atoms with Gasteiger partial charge in [-0.05, 0) is 30.4 Å². The number of hydrogen-bond donors (Lipinski definition) is 1. The highest BCUT2D eigenvalue weighted by Gasteiger charge is 2.33. The van der Waals surface area contributed by atoms with Crippen molar-refractivity contribution >= 4 is 23.7 Å². The second-order valence-electron chi connectivity index (χ2n) is 4.98. The van der Waals surface area contributed by atoms with Crippen LogP contribution < -0.4 is 10.2 Å². The summed E-state index contributed by atoms with van der Waals surface area (Å²) in [5, 5.41) is 14.7. The van der Waals surface area contributed by atoms with E-state index in [0.717, 1.165) is 17.7 Å². The predicted octanol–water partition coefficient (Wildman–Crippen LogP) is 4.73. The number of nitro benzene ring substituents is 1. The number of anilines is 1. The zero-order chi connectivity index (χ0) is 19.2. The molecule has 0 amide bonds. The Kier molecular flexibility index (Phi) is 5.94. The van der Waals surface area contributed by atoms with Crippen LogP contribution in [0.15, 0.2) is 53.6 Å². The first kappa shape index (κ1) is 19.0. The molecule has 2 aromatic carbocycles. The lowest BCUT2D eigenvalue weighted by atomic mass is 10.1. The molecule has 0 bridgehead atoms. The first-order chi connectivity index (χ1) is 12.3. The van der Waals surface area contributed by atoms with E-state index in [9.17, 15) is 23.3 Å². The van der Waals surface area contributed by atoms with Gasteiger partial charge in [-0.2, -0.15) is 18.3 Å². The number of allylic oxidation sites excluding steroid dienone is 1. The highest BCUT2D eigenvalue weighted by Crippen LogP contribution is 2.34. The van der Waals surface area contributed by atoms with Crippen LogP contribution in [0.25, 0.3) is 6.08 Å². The normalized spacial score (nSPS) is 11.8. The Morgan fingerprint density at radius 3 is 2.62 bits per heavy atom. The summed E-state index contributed by atoms with van der Waals surface area (Å²) >= 11 is 0. The quantitative estimate of drug-likeness (QED) is 0.456. The number of halogens is 3. The van der Waals surface area contributed by atoms with Gasteiger partial charge in [-0.1, -0.05) is 18.2 Å². The summed E-state index contributed by atoms with van der Waals surface area (Å²) in [6.45, 7) is 0. The average molecular weight is 365 g/mol. The van der Waals surface area contributed by atoms with Gasteiger partial charge in [-0.3, -0.25) is 15.5 Å². The molecule has 0 radical (unpaired) electrons. The van der Waals surface area contributed by atoms with Crippen molar-refractivity contribution in [2.24, 2.45) is 5.10 Å². The van der Waals surface area contributed by atoms with Crippen molar-refractivity contribution in [3.63, 3.8) is 0 Å². The Morgan fingerprint density at radius 2 is 1.96 bits per heavy atom. The van der Waals surface area contributed by atoms with Crippen LogP contribution >= 0.6 is 0 Å². The van der Waals surface area contributed by atoms with E-state index < -0.39 is 22.4 Å². The molecule has 0 aliphatic heterocycles. The molecule has 26 heavy (non-hydrogen) atoms. The van der Waals surface area contributed by atoms with E-state index in [1.165, 1.54) is 13.3 Å². The number of alkyl halides is 3. The molecule has 6 nitrogen and oxygen atoms in total. The molecule has 0 saturated heterocycles. The van der Waals surface area contributed by atoms with Crippen LogP contribution in [0.2, 0.25) is 0 Å². The minimum atomic E-state index is -4.66. The van der Waals surface area contributed by atoms with E-state index in [2.05, 4.69) is 10.5 Å². The lowest BCUT2D eigenvalue weighted by molar-refractivity contribution is -0.384. The molecule has 1 N–H and O–H groups in total. The predicted molar refractivity (Wildman–Crippen MR) is 92.2 cm³/mol. The summed E-state index contributed by atoms with van der Waals surface area (Å²) in [5.74, 6) is 0.656. The molecule has 0 aliphatic carbocycles. The van der Waals surface area contributed by atoms with Crippen LogP contribution in [0.3, 0.4) is 0 Å². The van der Waals surface area contributed by atoms with Crippen LogP contribution in [0.5, 0.6) is 5.75 Å². The Labute approximate surface area is 146 Å². The van der Waals surface area contributed by atoms with Gasteiger partial charge in [0.15, 0.2) is 0 Å². The van der Waals surface area contributed by atoms with Crippen molar-refractivity contribution in [2.45, 2.75) is 6.18 Å². The molecule has 9 heteroatoms. The van der Waals surface area contributed by atoms with Crippen molar-refractivity contribution in [3.05, 3.63) is 69.8 Å². The van der Waals surface area contributed by atoms with Gasteiger partial charge in [0.25, 0.3) is 5.69 Å². The van der Waals surface area contributed by atoms with Gasteiger partial charge in [0, 0.05) is 17.8 Å². The summed E-state index contributed by atoms with van der Waals surface area (Å²) in [6, 6.07) is 9.40. The maximum absolute atomic E-state index is 12.6. The molecule has 0 spiro atoms. The zero-order valence-electron chi connectivity index (χ0n) is 13.5. The highest BCUT2D eigenvalue weighted by molar-refractivity contribution is 5.80. The molecular formula is C17H14F3N3O3. The molecule has 0 saturated carbocycles. The number of benzene rings is 2. The average Bonchev–Trinajstić information content (AvgIpc) is 2.60. The summed E-state index contributed by atoms with van der Waals surface area (Å²) in [5.41, 5.74) is 1.19. The van der Waals surface area contributed by atoms with Crippen LogP contribution in [-0.4, -0.2) is 18.2 Å². The number of ether oxygens (including phenoxy) is 1. The zero-order valence-corrected chi connectivity index (χ0v) is 13.5. The fraction of sp³-hybridized carbons (Fsp3) is 0.118. The Balaban J connectivity index is 2.12. The number of hydrogen-bond acceptors (Lipinski definition) is 5. The van der Waals surface area contributed by atoms with Crippen molar-refractivity contribution in [3.8, 4) is 5.75 Å². The lowest BCUT2D eigenvalue weighted by Gasteiger charge is -2.08. The van der Waals surface area contributed by atoms with Crippen LogP contribution in [0.4, 0.5) is 24.5 Å². The van der Waals surface area contributed by atoms with Gasteiger partial charge in [-0.25, -0.2) is 0 Å². The molecule has 2 rings (SSSR count). The molecule has 2 aromatic rings. The highest BCUT2D eigenvalue weighted by atomic mass is 19.4. The summed E-state index contributed by atoms with van der Waals surface area (Å²) in [6.07, 6.45) is -0.0934. The number of para-hydroxylation sites is 1. The maximum atomic E-state index is 12.6. The van der Waals surface area contributed by atoms with Crippen LogP contribution in [0, 0.1) is 10.1 Å². The van der Waals surface area contributed by atoms with Crippen LogP contribution in [0.1, 0.15) is 11.1 Å². The minimum Gasteiger partial charge on any atom is -0.496 e. The Bertz CT molecular complexity index is 849. The smallest absolute Gasteiger partial charge is 0.416 e. The van der Waals surface area contributed by atoms with Gasteiger partial charge in [0.05, 0.1) is 17.6 Å². The van der Waals surface area contributed by atoms with Crippen LogP contribution in [-0.2, 0) is 6.18 Å². The molecule has 0 heterocycles. The SMILES string of the molecule is COc1ccccc1/C=C/C=N/Nc1ccc(C(F)(F)F)cc1[N+](=O)[O-]. The van der Waals surface area contributed by atoms with E-state index >= 15 is 0 Å². The van der Waals surface area contributed by atoms with Gasteiger partial charge >= 0.3 is 6.18 Å².